The van der Waals surface area contributed by atoms with Gasteiger partial charge in [-0.3, -0.25) is 4.79 Å². The lowest BCUT2D eigenvalue weighted by Gasteiger charge is -2.20. The number of rotatable bonds is 7. The maximum absolute atomic E-state index is 13.5. The smallest absolute Gasteiger partial charge is 0.416 e. The van der Waals surface area contributed by atoms with Crippen LogP contribution >= 0.6 is 0 Å². The fourth-order valence-electron chi connectivity index (χ4n) is 4.39. The number of carbonyl (C=O) groups is 2. The second-order valence-electron chi connectivity index (χ2n) is 10.9. The number of alkyl halides is 3. The second kappa shape index (κ2) is 12.3. The number of amides is 2. The lowest BCUT2D eigenvalue weighted by Crippen LogP contribution is -2.32. The molecule has 1 saturated heterocycles. The number of hydrogen-bond acceptors (Lipinski definition) is 7. The third kappa shape index (κ3) is 8.06. The lowest BCUT2D eigenvalue weighted by molar-refractivity contribution is -0.137. The monoisotopic (exact) mass is 574 g/mol. The van der Waals surface area contributed by atoms with E-state index in [0.29, 0.717) is 41.4 Å². The summed E-state index contributed by atoms with van der Waals surface area (Å²) in [7, 11) is 0. The minimum atomic E-state index is -4.54. The number of aromatic nitrogens is 2. The molecule has 220 valence electrons. The van der Waals surface area contributed by atoms with E-state index in [4.69, 9.17) is 13.9 Å². The second-order valence-corrected chi connectivity index (χ2v) is 10.9. The zero-order valence-corrected chi connectivity index (χ0v) is 23.3. The van der Waals surface area contributed by atoms with Crippen LogP contribution in [0.4, 0.5) is 18.0 Å². The first kappa shape index (κ1) is 30.0. The molecule has 41 heavy (non-hydrogen) atoms. The van der Waals surface area contributed by atoms with E-state index in [0.717, 1.165) is 25.0 Å². The first-order valence-electron chi connectivity index (χ1n) is 13.3. The normalized spacial score (nSPS) is 15.3. The fraction of sp³-hybridized carbons (Fsp3) is 0.448. The van der Waals surface area contributed by atoms with E-state index in [1.165, 1.54) is 6.07 Å². The first-order valence-corrected chi connectivity index (χ1v) is 13.3. The number of benzene rings is 2. The fourth-order valence-corrected chi connectivity index (χ4v) is 4.39. The number of hydrogen-bond donors (Lipinski definition) is 2. The molecule has 0 saturated carbocycles. The molecule has 2 amide bonds. The Morgan fingerprint density at radius 2 is 1.73 bits per heavy atom. The average Bonchev–Trinajstić information content (AvgIpc) is 3.42. The van der Waals surface area contributed by atoms with Gasteiger partial charge >= 0.3 is 24.1 Å². The largest absolute Gasteiger partial charge is 0.444 e. The SMILES string of the molecule is C[C@@H](NC(=O)c1nnc(C2CCOCC2)o1)c1ccc(-c2cc(C(F)(F)F)ccc2CNC(=O)OC(C)(C)C)cc1. The molecular weight excluding hydrogens is 541 g/mol. The van der Waals surface area contributed by atoms with E-state index in [1.54, 1.807) is 52.0 Å². The molecule has 1 aliphatic rings. The van der Waals surface area contributed by atoms with Gasteiger partial charge in [0.15, 0.2) is 0 Å². The molecule has 1 aliphatic heterocycles. The van der Waals surface area contributed by atoms with Crippen LogP contribution in [0, 0.1) is 0 Å². The Hall–Kier alpha value is -3.93. The maximum Gasteiger partial charge on any atom is 0.416 e. The van der Waals surface area contributed by atoms with Crippen LogP contribution < -0.4 is 10.6 Å². The number of ether oxygens (including phenoxy) is 2. The van der Waals surface area contributed by atoms with Crippen LogP contribution in [0.25, 0.3) is 11.1 Å². The number of halogens is 3. The molecule has 12 heteroatoms. The van der Waals surface area contributed by atoms with Crippen molar-refractivity contribution >= 4 is 12.0 Å². The standard InChI is InChI=1S/C29H33F3N4O5/c1-17(34-24(37)26-36-35-25(40-26)20-11-13-39-14-12-20)18-5-7-19(8-6-18)23-15-22(29(30,31)32)10-9-21(23)16-33-27(38)41-28(2,3)4/h5-10,15,17,20H,11-14,16H2,1-4H3,(H,33,38)(H,34,37)/t17-/m1/s1. The van der Waals surface area contributed by atoms with Crippen molar-refractivity contribution in [1.29, 1.82) is 0 Å². The van der Waals surface area contributed by atoms with E-state index in [9.17, 15) is 22.8 Å². The quantitative estimate of drug-likeness (QED) is 0.347. The molecular formula is C29H33F3N4O5. The summed E-state index contributed by atoms with van der Waals surface area (Å²) in [6, 6.07) is 9.68. The van der Waals surface area contributed by atoms with E-state index in [1.807, 2.05) is 0 Å². The molecule has 4 rings (SSSR count). The van der Waals surface area contributed by atoms with Gasteiger partial charge in [-0.15, -0.1) is 10.2 Å². The van der Waals surface area contributed by atoms with Gasteiger partial charge in [0, 0.05) is 25.7 Å². The molecule has 2 N–H and O–H groups in total. The van der Waals surface area contributed by atoms with E-state index >= 15 is 0 Å². The van der Waals surface area contributed by atoms with Crippen LogP contribution in [0.3, 0.4) is 0 Å². The van der Waals surface area contributed by atoms with Crippen LogP contribution in [0.5, 0.6) is 0 Å². The van der Waals surface area contributed by atoms with Crippen molar-refractivity contribution in [2.45, 2.75) is 70.8 Å². The van der Waals surface area contributed by atoms with Crippen LogP contribution in [0.1, 0.15) is 85.8 Å². The van der Waals surface area contributed by atoms with Crippen molar-refractivity contribution in [3.63, 3.8) is 0 Å². The molecule has 2 aromatic carbocycles. The summed E-state index contributed by atoms with van der Waals surface area (Å²) in [6.45, 7) is 8.09. The van der Waals surface area contributed by atoms with Gasteiger partial charge in [-0.25, -0.2) is 4.79 Å². The number of alkyl carbamates (subject to hydrolysis) is 1. The third-order valence-electron chi connectivity index (χ3n) is 6.53. The van der Waals surface area contributed by atoms with Crippen molar-refractivity contribution in [2.24, 2.45) is 0 Å². The van der Waals surface area contributed by atoms with Gasteiger partial charge in [0.25, 0.3) is 0 Å². The Morgan fingerprint density at radius 3 is 2.37 bits per heavy atom. The Morgan fingerprint density at radius 1 is 1.05 bits per heavy atom. The third-order valence-corrected chi connectivity index (χ3v) is 6.53. The van der Waals surface area contributed by atoms with Crippen molar-refractivity contribution in [1.82, 2.24) is 20.8 Å². The van der Waals surface area contributed by atoms with Gasteiger partial charge in [0.1, 0.15) is 5.60 Å². The zero-order valence-electron chi connectivity index (χ0n) is 23.3. The van der Waals surface area contributed by atoms with Crippen LogP contribution in [0.2, 0.25) is 0 Å². The van der Waals surface area contributed by atoms with E-state index in [-0.39, 0.29) is 18.4 Å². The predicted octanol–water partition coefficient (Wildman–Crippen LogP) is 6.17. The molecule has 2 heterocycles. The Kier molecular flexibility index (Phi) is 9.01. The van der Waals surface area contributed by atoms with Crippen LogP contribution in [-0.2, 0) is 22.2 Å². The van der Waals surface area contributed by atoms with Gasteiger partial charge < -0.3 is 24.5 Å². The summed E-state index contributed by atoms with van der Waals surface area (Å²) in [5.74, 6) is -0.196. The highest BCUT2D eigenvalue weighted by molar-refractivity contribution is 5.89. The van der Waals surface area contributed by atoms with Gasteiger partial charge in [-0.1, -0.05) is 30.3 Å². The molecule has 3 aromatic rings. The summed E-state index contributed by atoms with van der Waals surface area (Å²) in [6.07, 6.45) is -3.72. The van der Waals surface area contributed by atoms with Crippen molar-refractivity contribution in [3.05, 3.63) is 70.9 Å². The molecule has 9 nitrogen and oxygen atoms in total. The summed E-state index contributed by atoms with van der Waals surface area (Å²) in [5.41, 5.74) is 0.494. The summed E-state index contributed by atoms with van der Waals surface area (Å²) in [4.78, 5) is 24.8. The number of nitrogens with one attached hydrogen (secondary N) is 2. The molecule has 1 fully saturated rings. The number of nitrogens with zero attached hydrogens (tertiary/aromatic N) is 2. The summed E-state index contributed by atoms with van der Waals surface area (Å²) in [5, 5.41) is 13.3. The molecule has 0 bridgehead atoms. The minimum Gasteiger partial charge on any atom is -0.444 e. The molecule has 0 spiro atoms. The topological polar surface area (TPSA) is 116 Å². The minimum absolute atomic E-state index is 0.0311. The Balaban J connectivity index is 1.48. The zero-order chi connectivity index (χ0) is 29.8. The lowest BCUT2D eigenvalue weighted by atomic mass is 9.95. The van der Waals surface area contributed by atoms with Gasteiger partial charge in [-0.2, -0.15) is 13.2 Å². The molecule has 0 radical (unpaired) electrons. The van der Waals surface area contributed by atoms with Gasteiger partial charge in [0.2, 0.25) is 5.89 Å². The molecule has 1 aromatic heterocycles. The highest BCUT2D eigenvalue weighted by Crippen LogP contribution is 2.34. The summed E-state index contributed by atoms with van der Waals surface area (Å²) < 4.78 is 56.7. The van der Waals surface area contributed by atoms with Crippen LogP contribution in [0.15, 0.2) is 46.9 Å². The van der Waals surface area contributed by atoms with Crippen LogP contribution in [-0.4, -0.2) is 41.0 Å². The first-order chi connectivity index (χ1) is 19.3. The van der Waals surface area contributed by atoms with E-state index < -0.39 is 35.4 Å². The van der Waals surface area contributed by atoms with Crippen molar-refractivity contribution in [3.8, 4) is 11.1 Å². The maximum atomic E-state index is 13.5. The van der Waals surface area contributed by atoms with E-state index in [2.05, 4.69) is 20.8 Å². The Labute approximate surface area is 235 Å². The number of carbonyl (C=O) groups excluding carboxylic acids is 2. The predicted molar refractivity (Wildman–Crippen MR) is 143 cm³/mol. The molecule has 0 aliphatic carbocycles. The highest BCUT2D eigenvalue weighted by atomic mass is 19.4. The summed E-state index contributed by atoms with van der Waals surface area (Å²) >= 11 is 0. The Bertz CT molecular complexity index is 1360. The van der Waals surface area contributed by atoms with Crippen molar-refractivity contribution < 1.29 is 36.7 Å². The highest BCUT2D eigenvalue weighted by Gasteiger charge is 2.31. The van der Waals surface area contributed by atoms with Crippen molar-refractivity contribution in [2.75, 3.05) is 13.2 Å². The van der Waals surface area contributed by atoms with Gasteiger partial charge in [0.05, 0.1) is 11.6 Å². The average molecular weight is 575 g/mol. The van der Waals surface area contributed by atoms with Gasteiger partial charge in [-0.05, 0) is 74.9 Å². The molecule has 1 atom stereocenters. The molecule has 0 unspecified atom stereocenters.